The lowest BCUT2D eigenvalue weighted by molar-refractivity contribution is 0.360. The van der Waals surface area contributed by atoms with Crippen molar-refractivity contribution in [3.8, 4) is 45.3 Å². The van der Waals surface area contributed by atoms with E-state index in [0.29, 0.717) is 29.2 Å². The van der Waals surface area contributed by atoms with Gasteiger partial charge in [-0.3, -0.25) is 0 Å². The van der Waals surface area contributed by atoms with Crippen molar-refractivity contribution in [1.29, 1.82) is 0 Å². The Balaban J connectivity index is 1.17. The van der Waals surface area contributed by atoms with Gasteiger partial charge in [0.05, 0.1) is 0 Å². The third-order valence-corrected chi connectivity index (χ3v) is 10.5. The quantitative estimate of drug-likeness (QED) is 0.0890. The molecule has 8 rings (SSSR count). The molecule has 1 unspecified atom stereocenters. The molecule has 6 aromatic carbocycles. The van der Waals surface area contributed by atoms with E-state index in [1.165, 1.54) is 16.7 Å². The zero-order chi connectivity index (χ0) is 37.5. The maximum absolute atomic E-state index is 7.42. The molecule has 5 heteroatoms. The number of ether oxygens (including phenoxy) is 2. The molecule has 1 atom stereocenters. The van der Waals surface area contributed by atoms with Gasteiger partial charge in [-0.2, -0.15) is 0 Å². The standard InChI is InChI=1S/C49H43N3O2/c1-5-7-16-33(6-2)36-20-14-21-38(29-36)49(51,31-32-15-13-19-35(28-32)34-17-9-8-10-18-34)52-47(50)37-24-26-42-44(30-37)53-43-27-25-41-45(46(43)54-42)39-22-11-12-23-40(39)48(41,3)4/h5-30H,2,31,51H2,1,3-4H3,(H2,50,52)/b7-5-,33-16+. The Morgan fingerprint density at radius 2 is 1.50 bits per heavy atom. The van der Waals surface area contributed by atoms with E-state index < -0.39 is 5.66 Å². The molecule has 6 aromatic rings. The van der Waals surface area contributed by atoms with Crippen LogP contribution in [0.2, 0.25) is 0 Å². The summed E-state index contributed by atoms with van der Waals surface area (Å²) in [5.74, 6) is 2.86. The molecule has 0 amide bonds. The van der Waals surface area contributed by atoms with E-state index in [1.807, 2.05) is 85.8 Å². The zero-order valence-corrected chi connectivity index (χ0v) is 30.8. The summed E-state index contributed by atoms with van der Waals surface area (Å²) >= 11 is 0. The predicted molar refractivity (Wildman–Crippen MR) is 222 cm³/mol. The van der Waals surface area contributed by atoms with Gasteiger partial charge in [0.2, 0.25) is 0 Å². The van der Waals surface area contributed by atoms with E-state index in [0.717, 1.165) is 44.7 Å². The van der Waals surface area contributed by atoms with E-state index in [2.05, 4.69) is 99.3 Å². The number of hydrogen-bond donors (Lipinski definition) is 2. The van der Waals surface area contributed by atoms with Gasteiger partial charge < -0.3 is 20.9 Å². The van der Waals surface area contributed by atoms with Crippen LogP contribution in [-0.4, -0.2) is 5.84 Å². The summed E-state index contributed by atoms with van der Waals surface area (Å²) < 4.78 is 13.2. The minimum Gasteiger partial charge on any atom is -0.449 e. The molecule has 2 aliphatic rings. The fourth-order valence-electron chi connectivity index (χ4n) is 7.72. The summed E-state index contributed by atoms with van der Waals surface area (Å²) in [6, 6.07) is 45.2. The summed E-state index contributed by atoms with van der Waals surface area (Å²) in [4.78, 5) is 5.13. The van der Waals surface area contributed by atoms with Crippen molar-refractivity contribution in [3.05, 3.63) is 198 Å². The molecular weight excluding hydrogens is 663 g/mol. The van der Waals surface area contributed by atoms with Gasteiger partial charge in [-0.15, -0.1) is 0 Å². The van der Waals surface area contributed by atoms with Crippen molar-refractivity contribution < 1.29 is 9.47 Å². The maximum Gasteiger partial charge on any atom is 0.178 e. The lowest BCUT2D eigenvalue weighted by atomic mass is 9.82. The van der Waals surface area contributed by atoms with Crippen LogP contribution in [-0.2, 0) is 17.5 Å². The van der Waals surface area contributed by atoms with Crippen LogP contribution in [0.15, 0.2) is 169 Å². The van der Waals surface area contributed by atoms with Crippen molar-refractivity contribution in [2.24, 2.45) is 16.5 Å². The molecule has 0 radical (unpaired) electrons. The molecule has 1 heterocycles. The summed E-state index contributed by atoms with van der Waals surface area (Å²) in [6.07, 6.45) is 8.27. The van der Waals surface area contributed by atoms with Crippen LogP contribution >= 0.6 is 0 Å². The highest BCUT2D eigenvalue weighted by molar-refractivity contribution is 5.98. The van der Waals surface area contributed by atoms with Crippen LogP contribution in [0.25, 0.3) is 27.8 Å². The summed E-state index contributed by atoms with van der Waals surface area (Å²) in [7, 11) is 0. The summed E-state index contributed by atoms with van der Waals surface area (Å²) in [5.41, 5.74) is 24.4. The highest BCUT2D eigenvalue weighted by Gasteiger charge is 2.39. The number of allylic oxidation sites excluding steroid dienone is 5. The van der Waals surface area contributed by atoms with Crippen LogP contribution in [0, 0.1) is 0 Å². The van der Waals surface area contributed by atoms with Gasteiger partial charge in [-0.05, 0) is 87.3 Å². The van der Waals surface area contributed by atoms with E-state index in [-0.39, 0.29) is 11.3 Å². The van der Waals surface area contributed by atoms with Crippen LogP contribution < -0.4 is 20.9 Å². The molecular formula is C49H43N3O2. The highest BCUT2D eigenvalue weighted by atomic mass is 16.6. The van der Waals surface area contributed by atoms with Crippen molar-refractivity contribution in [2.45, 2.75) is 38.3 Å². The van der Waals surface area contributed by atoms with Gasteiger partial charge in [0.1, 0.15) is 11.5 Å². The van der Waals surface area contributed by atoms with Crippen molar-refractivity contribution >= 4 is 11.4 Å². The molecule has 0 fully saturated rings. The number of nitrogens with zero attached hydrogens (tertiary/aromatic N) is 1. The Morgan fingerprint density at radius 1 is 0.741 bits per heavy atom. The van der Waals surface area contributed by atoms with Gasteiger partial charge in [0.15, 0.2) is 23.0 Å². The fourth-order valence-corrected chi connectivity index (χ4v) is 7.72. The van der Waals surface area contributed by atoms with Gasteiger partial charge in [0.25, 0.3) is 0 Å². The topological polar surface area (TPSA) is 82.9 Å². The zero-order valence-electron chi connectivity index (χ0n) is 30.8. The Hall–Kier alpha value is -6.43. The first kappa shape index (κ1) is 34.6. The van der Waals surface area contributed by atoms with E-state index in [9.17, 15) is 0 Å². The molecule has 1 aliphatic heterocycles. The Kier molecular flexibility index (Phi) is 8.88. The number of rotatable bonds is 9. The molecule has 0 bridgehead atoms. The Labute approximate surface area is 317 Å². The molecule has 0 aromatic heterocycles. The number of hydrogen-bond acceptors (Lipinski definition) is 4. The summed E-state index contributed by atoms with van der Waals surface area (Å²) in [5, 5.41) is 0. The van der Waals surface area contributed by atoms with Gasteiger partial charge in [-0.1, -0.05) is 148 Å². The van der Waals surface area contributed by atoms with Gasteiger partial charge in [0, 0.05) is 23.0 Å². The number of fused-ring (bicyclic) bond motifs is 6. The van der Waals surface area contributed by atoms with E-state index >= 15 is 0 Å². The molecule has 0 spiro atoms. The highest BCUT2D eigenvalue weighted by Crippen LogP contribution is 2.58. The third-order valence-electron chi connectivity index (χ3n) is 10.5. The van der Waals surface area contributed by atoms with Crippen molar-refractivity contribution in [2.75, 3.05) is 0 Å². The van der Waals surface area contributed by atoms with Crippen molar-refractivity contribution in [3.63, 3.8) is 0 Å². The van der Waals surface area contributed by atoms with E-state index in [1.54, 1.807) is 0 Å². The normalized spacial score (nSPS) is 15.3. The second kappa shape index (κ2) is 13.8. The van der Waals surface area contributed by atoms with E-state index in [4.69, 9.17) is 25.9 Å². The van der Waals surface area contributed by atoms with Crippen LogP contribution in [0.5, 0.6) is 23.0 Å². The summed E-state index contributed by atoms with van der Waals surface area (Å²) in [6.45, 7) is 10.5. The second-order valence-corrected chi connectivity index (χ2v) is 14.4. The van der Waals surface area contributed by atoms with Gasteiger partial charge in [-0.25, -0.2) is 4.99 Å². The lowest BCUT2D eigenvalue weighted by Gasteiger charge is -2.28. The Morgan fingerprint density at radius 3 is 2.31 bits per heavy atom. The first-order valence-corrected chi connectivity index (χ1v) is 18.3. The molecule has 54 heavy (non-hydrogen) atoms. The second-order valence-electron chi connectivity index (χ2n) is 14.4. The van der Waals surface area contributed by atoms with Crippen LogP contribution in [0.1, 0.15) is 54.2 Å². The Bertz CT molecular complexity index is 2510. The van der Waals surface area contributed by atoms with Crippen molar-refractivity contribution in [1.82, 2.24) is 0 Å². The molecule has 1 aliphatic carbocycles. The minimum absolute atomic E-state index is 0.146. The SMILES string of the molecule is C=C/C(=C\C=C/C)c1cccc(C(N)(Cc2cccc(-c3ccccc3)c2)/N=C(\N)c2ccc3c(c2)Oc2ccc4c(c2O3)-c2ccccc2C4(C)C)c1. The molecule has 0 saturated heterocycles. The number of nitrogens with two attached hydrogens (primary N) is 2. The molecule has 0 saturated carbocycles. The molecule has 266 valence electrons. The fraction of sp³-hybridized carbons (Fsp3) is 0.122. The molecule has 5 nitrogen and oxygen atoms in total. The average Bonchev–Trinajstić information content (AvgIpc) is 3.43. The molecule has 4 N–H and O–H groups in total. The number of aliphatic imine (C=N–C) groups is 1. The first-order chi connectivity index (χ1) is 26.2. The largest absolute Gasteiger partial charge is 0.449 e. The lowest BCUT2D eigenvalue weighted by Crippen LogP contribution is -2.39. The monoisotopic (exact) mass is 705 g/mol. The minimum atomic E-state index is -1.22. The third kappa shape index (κ3) is 6.23. The predicted octanol–water partition coefficient (Wildman–Crippen LogP) is 11.5. The van der Waals surface area contributed by atoms with Gasteiger partial charge >= 0.3 is 0 Å². The number of amidine groups is 1. The van der Waals surface area contributed by atoms with Crippen LogP contribution in [0.3, 0.4) is 0 Å². The average molecular weight is 706 g/mol. The van der Waals surface area contributed by atoms with Crippen LogP contribution in [0.4, 0.5) is 0 Å². The first-order valence-electron chi connectivity index (χ1n) is 18.3. The smallest absolute Gasteiger partial charge is 0.178 e. The maximum atomic E-state index is 7.42. The number of benzene rings is 6.